The van der Waals surface area contributed by atoms with Crippen molar-refractivity contribution in [1.29, 1.82) is 0 Å². The maximum Gasteiger partial charge on any atom is 0.435 e. The van der Waals surface area contributed by atoms with Gasteiger partial charge in [-0.3, -0.25) is 9.48 Å². The second-order valence-electron chi connectivity index (χ2n) is 5.43. The summed E-state index contributed by atoms with van der Waals surface area (Å²) in [5, 5.41) is 5.79. The second kappa shape index (κ2) is 6.91. The Labute approximate surface area is 147 Å². The number of amides is 1. The molecule has 1 aromatic heterocycles. The van der Waals surface area contributed by atoms with Crippen LogP contribution in [-0.2, 0) is 13.2 Å². The van der Waals surface area contributed by atoms with Gasteiger partial charge in [-0.25, -0.2) is 0 Å². The number of ether oxygens (including phenoxy) is 1. The first-order chi connectivity index (χ1) is 12.3. The highest BCUT2D eigenvalue weighted by molar-refractivity contribution is 6.05. The lowest BCUT2D eigenvalue weighted by Gasteiger charge is -2.12. The summed E-state index contributed by atoms with van der Waals surface area (Å²) in [7, 11) is 1.32. The van der Waals surface area contributed by atoms with E-state index in [0.29, 0.717) is 11.5 Å². The molecule has 8 heteroatoms. The Morgan fingerprint density at radius 2 is 1.73 bits per heavy atom. The van der Waals surface area contributed by atoms with Crippen LogP contribution in [-0.4, -0.2) is 15.7 Å². The lowest BCUT2D eigenvalue weighted by atomic mass is 10.2. The molecule has 134 valence electrons. The average Bonchev–Trinajstić information content (AvgIpc) is 3.00. The van der Waals surface area contributed by atoms with E-state index in [1.54, 1.807) is 48.5 Å². The zero-order valence-corrected chi connectivity index (χ0v) is 13.6. The molecule has 0 spiro atoms. The maximum atomic E-state index is 13.0. The van der Waals surface area contributed by atoms with Gasteiger partial charge in [0.05, 0.1) is 11.3 Å². The standard InChI is InChI=1S/C18H14F3N3O2/c1-24-11-13(16(23-24)18(19,20)21)17(25)22-14-9-5-6-10-15(14)26-12-7-3-2-4-8-12/h2-11H,1H3,(H,22,25). The van der Waals surface area contributed by atoms with Crippen LogP contribution >= 0.6 is 0 Å². The van der Waals surface area contributed by atoms with Gasteiger partial charge in [0.1, 0.15) is 5.75 Å². The predicted octanol–water partition coefficient (Wildman–Crippen LogP) is 4.48. The SMILES string of the molecule is Cn1cc(C(=O)Nc2ccccc2Oc2ccccc2)c(C(F)(F)F)n1. The van der Waals surface area contributed by atoms with Crippen LogP contribution in [0, 0.1) is 0 Å². The van der Waals surface area contributed by atoms with Crippen LogP contribution in [0.5, 0.6) is 11.5 Å². The Hall–Kier alpha value is -3.29. The third kappa shape index (κ3) is 3.85. The second-order valence-corrected chi connectivity index (χ2v) is 5.43. The highest BCUT2D eigenvalue weighted by atomic mass is 19.4. The molecule has 26 heavy (non-hydrogen) atoms. The minimum atomic E-state index is -4.73. The number of aromatic nitrogens is 2. The molecule has 3 aromatic rings. The quantitative estimate of drug-likeness (QED) is 0.745. The topological polar surface area (TPSA) is 56.2 Å². The van der Waals surface area contributed by atoms with Crippen LogP contribution in [0.4, 0.5) is 18.9 Å². The normalized spacial score (nSPS) is 11.2. The summed E-state index contributed by atoms with van der Waals surface area (Å²) in [4.78, 5) is 12.4. The summed E-state index contributed by atoms with van der Waals surface area (Å²) in [6, 6.07) is 15.3. The Bertz CT molecular complexity index is 921. The summed E-state index contributed by atoms with van der Waals surface area (Å²) < 4.78 is 45.8. The largest absolute Gasteiger partial charge is 0.455 e. The van der Waals surface area contributed by atoms with Crippen molar-refractivity contribution in [2.24, 2.45) is 7.05 Å². The molecule has 0 bridgehead atoms. The van der Waals surface area contributed by atoms with E-state index in [0.717, 1.165) is 10.9 Å². The van der Waals surface area contributed by atoms with Gasteiger partial charge in [-0.05, 0) is 24.3 Å². The number of nitrogens with one attached hydrogen (secondary N) is 1. The zero-order valence-electron chi connectivity index (χ0n) is 13.6. The summed E-state index contributed by atoms with van der Waals surface area (Å²) in [5.41, 5.74) is -1.55. The number of rotatable bonds is 4. The van der Waals surface area contributed by atoms with Crippen molar-refractivity contribution in [1.82, 2.24) is 9.78 Å². The number of carbonyl (C=O) groups is 1. The van der Waals surface area contributed by atoms with Crippen molar-refractivity contribution >= 4 is 11.6 Å². The number of aryl methyl sites for hydroxylation is 1. The number of alkyl halides is 3. The molecule has 0 aliphatic carbocycles. The lowest BCUT2D eigenvalue weighted by molar-refractivity contribution is -0.141. The van der Waals surface area contributed by atoms with Gasteiger partial charge in [-0.15, -0.1) is 0 Å². The fraction of sp³-hybridized carbons (Fsp3) is 0.111. The lowest BCUT2D eigenvalue weighted by Crippen LogP contribution is -2.18. The van der Waals surface area contributed by atoms with Gasteiger partial charge >= 0.3 is 6.18 Å². The van der Waals surface area contributed by atoms with E-state index in [1.165, 1.54) is 7.05 Å². The van der Waals surface area contributed by atoms with Gasteiger partial charge in [0.2, 0.25) is 0 Å². The van der Waals surface area contributed by atoms with Gasteiger partial charge in [-0.1, -0.05) is 30.3 Å². The molecule has 5 nitrogen and oxygen atoms in total. The first-order valence-electron chi connectivity index (χ1n) is 7.59. The van der Waals surface area contributed by atoms with Gasteiger partial charge in [0.15, 0.2) is 11.4 Å². The van der Waals surface area contributed by atoms with Crippen LogP contribution < -0.4 is 10.1 Å². The van der Waals surface area contributed by atoms with Gasteiger partial charge in [-0.2, -0.15) is 18.3 Å². The van der Waals surface area contributed by atoms with E-state index in [2.05, 4.69) is 10.4 Å². The molecule has 0 saturated carbocycles. The van der Waals surface area contributed by atoms with E-state index < -0.39 is 23.3 Å². The Morgan fingerprint density at radius 3 is 2.42 bits per heavy atom. The van der Waals surface area contributed by atoms with Gasteiger partial charge in [0.25, 0.3) is 5.91 Å². The number of hydrogen-bond acceptors (Lipinski definition) is 3. The van der Waals surface area contributed by atoms with Crippen LogP contribution in [0.3, 0.4) is 0 Å². The molecule has 1 amide bonds. The Balaban J connectivity index is 1.87. The van der Waals surface area contributed by atoms with Gasteiger partial charge < -0.3 is 10.1 Å². The van der Waals surface area contributed by atoms with Crippen LogP contribution in [0.15, 0.2) is 60.8 Å². The van der Waals surface area contributed by atoms with E-state index in [9.17, 15) is 18.0 Å². The van der Waals surface area contributed by atoms with Crippen molar-refractivity contribution in [3.05, 3.63) is 72.1 Å². The molecular formula is C18H14F3N3O2. The van der Waals surface area contributed by atoms with E-state index in [1.807, 2.05) is 6.07 Å². The molecule has 0 aliphatic heterocycles. The van der Waals surface area contributed by atoms with Crippen LogP contribution in [0.2, 0.25) is 0 Å². The zero-order chi connectivity index (χ0) is 18.7. The van der Waals surface area contributed by atoms with Gasteiger partial charge in [0, 0.05) is 13.2 Å². The average molecular weight is 361 g/mol. The molecule has 0 aliphatic rings. The number of nitrogens with zero attached hydrogens (tertiary/aromatic N) is 2. The Kier molecular flexibility index (Phi) is 4.66. The van der Waals surface area contributed by atoms with E-state index in [-0.39, 0.29) is 5.69 Å². The molecule has 0 unspecified atom stereocenters. The molecular weight excluding hydrogens is 347 g/mol. The summed E-state index contributed by atoms with van der Waals surface area (Å²) >= 11 is 0. The highest BCUT2D eigenvalue weighted by Crippen LogP contribution is 2.33. The highest BCUT2D eigenvalue weighted by Gasteiger charge is 2.39. The monoisotopic (exact) mass is 361 g/mol. The number of benzene rings is 2. The predicted molar refractivity (Wildman–Crippen MR) is 89.1 cm³/mol. The molecule has 0 saturated heterocycles. The van der Waals surface area contributed by atoms with Crippen molar-refractivity contribution in [3.63, 3.8) is 0 Å². The minimum absolute atomic E-state index is 0.248. The minimum Gasteiger partial charge on any atom is -0.455 e. The number of hydrogen-bond donors (Lipinski definition) is 1. The number of anilines is 1. The van der Waals surface area contributed by atoms with Crippen molar-refractivity contribution < 1.29 is 22.7 Å². The number of halogens is 3. The molecule has 3 rings (SSSR count). The summed E-state index contributed by atoms with van der Waals surface area (Å²) in [5.74, 6) is -0.0782. The van der Waals surface area contributed by atoms with Crippen LogP contribution in [0.1, 0.15) is 16.1 Å². The fourth-order valence-electron chi connectivity index (χ4n) is 2.33. The molecule has 1 N–H and O–H groups in total. The molecule has 0 atom stereocenters. The fourth-order valence-corrected chi connectivity index (χ4v) is 2.33. The van der Waals surface area contributed by atoms with Crippen molar-refractivity contribution in [2.75, 3.05) is 5.32 Å². The number of carbonyl (C=O) groups excluding carboxylic acids is 1. The third-order valence-corrected chi connectivity index (χ3v) is 3.45. The number of para-hydroxylation sites is 3. The molecule has 2 aromatic carbocycles. The van der Waals surface area contributed by atoms with E-state index >= 15 is 0 Å². The summed E-state index contributed by atoms with van der Waals surface area (Å²) in [6.07, 6.45) is -3.70. The Morgan fingerprint density at radius 1 is 1.08 bits per heavy atom. The van der Waals surface area contributed by atoms with Crippen molar-refractivity contribution in [3.8, 4) is 11.5 Å². The maximum absolute atomic E-state index is 13.0. The van der Waals surface area contributed by atoms with Crippen LogP contribution in [0.25, 0.3) is 0 Å². The smallest absolute Gasteiger partial charge is 0.435 e. The summed E-state index contributed by atoms with van der Waals surface area (Å²) in [6.45, 7) is 0. The first kappa shape index (κ1) is 17.5. The molecule has 0 fully saturated rings. The molecule has 0 radical (unpaired) electrons. The molecule has 1 heterocycles. The van der Waals surface area contributed by atoms with Crippen molar-refractivity contribution in [2.45, 2.75) is 6.18 Å². The first-order valence-corrected chi connectivity index (χ1v) is 7.59. The van der Waals surface area contributed by atoms with E-state index in [4.69, 9.17) is 4.74 Å². The third-order valence-electron chi connectivity index (χ3n) is 3.45.